The normalized spacial score (nSPS) is 15.8. The molecule has 0 N–H and O–H groups in total. The molecule has 1 saturated carbocycles. The molecular formula is C9H12F3NO3. The zero-order chi connectivity index (χ0) is 12.3. The first-order valence-electron chi connectivity index (χ1n) is 4.89. The molecular weight excluding hydrogens is 227 g/mol. The van der Waals surface area contributed by atoms with E-state index in [1.807, 2.05) is 0 Å². The molecule has 7 heteroatoms. The van der Waals surface area contributed by atoms with E-state index in [2.05, 4.69) is 4.74 Å². The average molecular weight is 239 g/mol. The first-order chi connectivity index (χ1) is 7.36. The molecule has 0 aromatic carbocycles. The number of carbonyl (C=O) groups is 2. The van der Waals surface area contributed by atoms with Crippen molar-refractivity contribution in [3.63, 3.8) is 0 Å². The molecule has 4 nitrogen and oxygen atoms in total. The number of esters is 1. The highest BCUT2D eigenvalue weighted by atomic mass is 19.4. The van der Waals surface area contributed by atoms with Crippen molar-refractivity contribution in [1.29, 1.82) is 0 Å². The predicted molar refractivity (Wildman–Crippen MR) is 47.4 cm³/mol. The van der Waals surface area contributed by atoms with E-state index in [0.29, 0.717) is 17.7 Å². The molecule has 0 spiro atoms. The van der Waals surface area contributed by atoms with Gasteiger partial charge in [0.15, 0.2) is 0 Å². The maximum Gasteiger partial charge on any atom is 0.471 e. The number of halogens is 3. The highest BCUT2D eigenvalue weighted by Crippen LogP contribution is 2.30. The summed E-state index contributed by atoms with van der Waals surface area (Å²) < 4.78 is 41.1. The first-order valence-corrected chi connectivity index (χ1v) is 4.89. The smallest absolute Gasteiger partial charge is 0.465 e. The summed E-state index contributed by atoms with van der Waals surface area (Å²) in [5, 5.41) is 0. The van der Waals surface area contributed by atoms with Crippen LogP contribution in [0.15, 0.2) is 0 Å². The van der Waals surface area contributed by atoms with Gasteiger partial charge in [0.25, 0.3) is 0 Å². The fourth-order valence-electron chi connectivity index (χ4n) is 1.26. The van der Waals surface area contributed by atoms with Crippen molar-refractivity contribution in [2.75, 3.05) is 13.2 Å². The van der Waals surface area contributed by atoms with Gasteiger partial charge < -0.3 is 9.64 Å². The lowest BCUT2D eigenvalue weighted by molar-refractivity contribution is -0.187. The minimum Gasteiger partial charge on any atom is -0.465 e. The Kier molecular flexibility index (Phi) is 3.77. The lowest BCUT2D eigenvalue weighted by Crippen LogP contribution is -2.45. The summed E-state index contributed by atoms with van der Waals surface area (Å²) in [5.74, 6) is -2.78. The lowest BCUT2D eigenvalue weighted by atomic mass is 10.4. The largest absolute Gasteiger partial charge is 0.471 e. The predicted octanol–water partition coefficient (Wildman–Crippen LogP) is 1.10. The molecule has 0 bridgehead atoms. The van der Waals surface area contributed by atoms with Gasteiger partial charge in [-0.1, -0.05) is 0 Å². The second-order valence-corrected chi connectivity index (χ2v) is 3.47. The Hall–Kier alpha value is -1.27. The van der Waals surface area contributed by atoms with Crippen LogP contribution in [0, 0.1) is 0 Å². The maximum absolute atomic E-state index is 12.2. The maximum atomic E-state index is 12.2. The lowest BCUT2D eigenvalue weighted by Gasteiger charge is -2.22. The fraction of sp³-hybridized carbons (Fsp3) is 0.778. The van der Waals surface area contributed by atoms with Gasteiger partial charge in [0.2, 0.25) is 0 Å². The molecule has 92 valence electrons. The van der Waals surface area contributed by atoms with E-state index < -0.39 is 30.6 Å². The van der Waals surface area contributed by atoms with Crippen molar-refractivity contribution >= 4 is 11.9 Å². The van der Waals surface area contributed by atoms with E-state index >= 15 is 0 Å². The number of ether oxygens (including phenoxy) is 1. The van der Waals surface area contributed by atoms with Crippen LogP contribution in [0.4, 0.5) is 13.2 Å². The van der Waals surface area contributed by atoms with Gasteiger partial charge in [-0.25, -0.2) is 0 Å². The van der Waals surface area contributed by atoms with Gasteiger partial charge in [-0.05, 0) is 19.8 Å². The van der Waals surface area contributed by atoms with Gasteiger partial charge in [-0.2, -0.15) is 13.2 Å². The van der Waals surface area contributed by atoms with Gasteiger partial charge in [-0.3, -0.25) is 9.59 Å². The Morgan fingerprint density at radius 3 is 2.31 bits per heavy atom. The zero-order valence-electron chi connectivity index (χ0n) is 8.71. The molecule has 0 heterocycles. The number of carbonyl (C=O) groups excluding carboxylic acids is 2. The van der Waals surface area contributed by atoms with E-state index in [9.17, 15) is 22.8 Å². The summed E-state index contributed by atoms with van der Waals surface area (Å²) in [6, 6.07) is -0.474. The molecule has 0 radical (unpaired) electrons. The SMILES string of the molecule is CCOC(=O)CN(C(=O)C(F)(F)F)C1CC1. The van der Waals surface area contributed by atoms with Crippen LogP contribution in [0.3, 0.4) is 0 Å². The van der Waals surface area contributed by atoms with Crippen LogP contribution in [0.1, 0.15) is 19.8 Å². The van der Waals surface area contributed by atoms with Crippen LogP contribution in [0.25, 0.3) is 0 Å². The van der Waals surface area contributed by atoms with Gasteiger partial charge in [0.05, 0.1) is 6.61 Å². The van der Waals surface area contributed by atoms with Crippen LogP contribution < -0.4 is 0 Å². The van der Waals surface area contributed by atoms with E-state index in [1.165, 1.54) is 0 Å². The number of rotatable bonds is 4. The van der Waals surface area contributed by atoms with Gasteiger partial charge >= 0.3 is 18.1 Å². The van der Waals surface area contributed by atoms with Crippen LogP contribution in [0.2, 0.25) is 0 Å². The quantitative estimate of drug-likeness (QED) is 0.690. The molecule has 16 heavy (non-hydrogen) atoms. The van der Waals surface area contributed by atoms with Crippen LogP contribution >= 0.6 is 0 Å². The topological polar surface area (TPSA) is 46.6 Å². The van der Waals surface area contributed by atoms with Crippen LogP contribution in [-0.4, -0.2) is 42.1 Å². The molecule has 0 aromatic heterocycles. The van der Waals surface area contributed by atoms with Gasteiger partial charge in [0.1, 0.15) is 6.54 Å². The molecule has 1 fully saturated rings. The third-order valence-electron chi connectivity index (χ3n) is 2.10. The summed E-state index contributed by atoms with van der Waals surface area (Å²) in [6.07, 6.45) is -3.93. The minimum absolute atomic E-state index is 0.0809. The van der Waals surface area contributed by atoms with Crippen molar-refractivity contribution in [3.05, 3.63) is 0 Å². The summed E-state index contributed by atoms with van der Waals surface area (Å²) in [7, 11) is 0. The average Bonchev–Trinajstić information content (AvgIpc) is 2.95. The third kappa shape index (κ3) is 3.39. The molecule has 1 amide bonds. The Morgan fingerprint density at radius 1 is 1.38 bits per heavy atom. The van der Waals surface area contributed by atoms with E-state index in [-0.39, 0.29) is 6.61 Å². The van der Waals surface area contributed by atoms with Crippen molar-refractivity contribution < 1.29 is 27.5 Å². The third-order valence-corrected chi connectivity index (χ3v) is 2.10. The first kappa shape index (κ1) is 12.8. The molecule has 1 rings (SSSR count). The van der Waals surface area contributed by atoms with Crippen LogP contribution in [0.5, 0.6) is 0 Å². The fourth-order valence-corrected chi connectivity index (χ4v) is 1.26. The number of hydrogen-bond donors (Lipinski definition) is 0. The Bertz CT molecular complexity index is 286. The number of hydrogen-bond acceptors (Lipinski definition) is 3. The van der Waals surface area contributed by atoms with Crippen LogP contribution in [-0.2, 0) is 14.3 Å². The number of alkyl halides is 3. The van der Waals surface area contributed by atoms with Gasteiger partial charge in [-0.15, -0.1) is 0 Å². The standard InChI is InChI=1S/C9H12F3NO3/c1-2-16-7(14)5-13(6-3-4-6)8(15)9(10,11)12/h6H,2-5H2,1H3. The Labute approximate surface area is 90.3 Å². The molecule has 0 atom stereocenters. The number of amides is 1. The molecule has 1 aliphatic carbocycles. The minimum atomic E-state index is -4.94. The summed E-state index contributed by atoms with van der Waals surface area (Å²) >= 11 is 0. The summed E-state index contributed by atoms with van der Waals surface area (Å²) in [4.78, 5) is 22.6. The zero-order valence-corrected chi connectivity index (χ0v) is 8.71. The summed E-state index contributed by atoms with van der Waals surface area (Å²) in [5.41, 5.74) is 0. The molecule has 0 aromatic rings. The molecule has 1 aliphatic rings. The monoisotopic (exact) mass is 239 g/mol. The second-order valence-electron chi connectivity index (χ2n) is 3.47. The van der Waals surface area contributed by atoms with Crippen molar-refractivity contribution in [2.24, 2.45) is 0 Å². The highest BCUT2D eigenvalue weighted by molar-refractivity contribution is 5.86. The molecule has 0 unspecified atom stereocenters. The highest BCUT2D eigenvalue weighted by Gasteiger charge is 2.47. The van der Waals surface area contributed by atoms with Crippen molar-refractivity contribution in [1.82, 2.24) is 4.90 Å². The van der Waals surface area contributed by atoms with E-state index in [1.54, 1.807) is 6.92 Å². The van der Waals surface area contributed by atoms with Gasteiger partial charge in [0, 0.05) is 6.04 Å². The molecule has 0 aliphatic heterocycles. The summed E-state index contributed by atoms with van der Waals surface area (Å²) in [6.45, 7) is 0.999. The number of nitrogens with zero attached hydrogens (tertiary/aromatic N) is 1. The van der Waals surface area contributed by atoms with E-state index in [0.717, 1.165) is 0 Å². The Balaban J connectivity index is 2.61. The second kappa shape index (κ2) is 4.71. The van der Waals surface area contributed by atoms with E-state index in [4.69, 9.17) is 0 Å². The Morgan fingerprint density at radius 2 is 1.94 bits per heavy atom. The molecule has 0 saturated heterocycles. The van der Waals surface area contributed by atoms with Crippen molar-refractivity contribution in [3.8, 4) is 0 Å². The van der Waals surface area contributed by atoms with Crippen molar-refractivity contribution in [2.45, 2.75) is 32.0 Å².